The van der Waals surface area contributed by atoms with Crippen molar-refractivity contribution >= 4 is 23.2 Å². The van der Waals surface area contributed by atoms with E-state index in [0.29, 0.717) is 5.57 Å². The maximum Gasteiger partial charge on any atom is 0.256 e. The molecule has 0 aromatic heterocycles. The van der Waals surface area contributed by atoms with Crippen molar-refractivity contribution in [1.82, 2.24) is 0 Å². The fourth-order valence-corrected chi connectivity index (χ4v) is 2.54. The molecule has 3 aromatic carbocycles. The van der Waals surface area contributed by atoms with Crippen LogP contribution in [0.1, 0.15) is 16.7 Å². The zero-order valence-electron chi connectivity index (χ0n) is 13.9. The van der Waals surface area contributed by atoms with Crippen molar-refractivity contribution in [2.24, 2.45) is 0 Å². The van der Waals surface area contributed by atoms with Gasteiger partial charge in [0.2, 0.25) is 0 Å². The average molecular weight is 331 g/mol. The van der Waals surface area contributed by atoms with Gasteiger partial charge in [0.15, 0.2) is 0 Å². The molecule has 2 nitrogen and oxygen atoms in total. The molecule has 0 unspecified atom stereocenters. The standard InChI is InChI=1S/C22H18FNO/c1-16-12-13-20(23)21(14-16)24-22(25)19(18-10-6-3-7-11-18)15-17-8-4-2-5-9-17/h2-15H,1H3,(H,24,25)/b19-15-. The van der Waals surface area contributed by atoms with Gasteiger partial charge >= 0.3 is 0 Å². The molecular formula is C22H18FNO. The maximum atomic E-state index is 14.0. The number of carbonyl (C=O) groups excluding carboxylic acids is 1. The number of nitrogens with one attached hydrogen (secondary N) is 1. The van der Waals surface area contributed by atoms with Crippen molar-refractivity contribution in [2.75, 3.05) is 5.32 Å². The minimum absolute atomic E-state index is 0.180. The molecule has 0 aliphatic carbocycles. The van der Waals surface area contributed by atoms with Crippen LogP contribution >= 0.6 is 0 Å². The van der Waals surface area contributed by atoms with Gasteiger partial charge in [-0.1, -0.05) is 66.7 Å². The van der Waals surface area contributed by atoms with E-state index in [0.717, 1.165) is 16.7 Å². The van der Waals surface area contributed by atoms with Crippen LogP contribution in [0.25, 0.3) is 11.6 Å². The summed E-state index contributed by atoms with van der Waals surface area (Å²) in [5.41, 5.74) is 3.22. The SMILES string of the molecule is Cc1ccc(F)c(NC(=O)/C(=C\c2ccccc2)c2ccccc2)c1. The predicted octanol–water partition coefficient (Wildman–Crippen LogP) is 5.31. The summed E-state index contributed by atoms with van der Waals surface area (Å²) in [6.07, 6.45) is 1.80. The molecule has 25 heavy (non-hydrogen) atoms. The number of anilines is 1. The van der Waals surface area contributed by atoms with Gasteiger partial charge in [0.05, 0.1) is 5.69 Å². The average Bonchev–Trinajstić information content (AvgIpc) is 2.64. The molecule has 0 aliphatic heterocycles. The highest BCUT2D eigenvalue weighted by atomic mass is 19.1. The Morgan fingerprint density at radius 2 is 1.56 bits per heavy atom. The Kier molecular flexibility index (Phi) is 5.05. The topological polar surface area (TPSA) is 29.1 Å². The summed E-state index contributed by atoms with van der Waals surface area (Å²) in [6.45, 7) is 1.85. The van der Waals surface area contributed by atoms with E-state index in [9.17, 15) is 9.18 Å². The monoisotopic (exact) mass is 331 g/mol. The van der Waals surface area contributed by atoms with Gasteiger partial charge in [-0.25, -0.2) is 4.39 Å². The molecule has 124 valence electrons. The summed E-state index contributed by atoms with van der Waals surface area (Å²) in [4.78, 5) is 12.8. The first-order chi connectivity index (χ1) is 12.1. The lowest BCUT2D eigenvalue weighted by Gasteiger charge is -2.11. The number of aryl methyl sites for hydroxylation is 1. The van der Waals surface area contributed by atoms with Crippen molar-refractivity contribution in [1.29, 1.82) is 0 Å². The van der Waals surface area contributed by atoms with Crippen LogP contribution in [-0.2, 0) is 4.79 Å². The van der Waals surface area contributed by atoms with Crippen LogP contribution in [0.3, 0.4) is 0 Å². The first kappa shape index (κ1) is 16.7. The zero-order chi connectivity index (χ0) is 17.6. The molecule has 3 rings (SSSR count). The third kappa shape index (κ3) is 4.21. The predicted molar refractivity (Wildman–Crippen MR) is 101 cm³/mol. The van der Waals surface area contributed by atoms with Gasteiger partial charge in [-0.2, -0.15) is 0 Å². The van der Waals surface area contributed by atoms with Crippen LogP contribution in [-0.4, -0.2) is 5.91 Å². The molecule has 3 aromatic rings. The molecule has 0 atom stereocenters. The van der Waals surface area contributed by atoms with Crippen LogP contribution in [0.5, 0.6) is 0 Å². The third-order valence-electron chi connectivity index (χ3n) is 3.81. The molecule has 0 spiro atoms. The lowest BCUT2D eigenvalue weighted by Crippen LogP contribution is -2.14. The van der Waals surface area contributed by atoms with E-state index in [4.69, 9.17) is 0 Å². The number of hydrogen-bond donors (Lipinski definition) is 1. The molecule has 0 aliphatic rings. The van der Waals surface area contributed by atoms with Crippen LogP contribution < -0.4 is 5.32 Å². The summed E-state index contributed by atoms with van der Waals surface area (Å²) in [7, 11) is 0. The van der Waals surface area contributed by atoms with E-state index in [2.05, 4.69) is 5.32 Å². The molecule has 0 radical (unpaired) electrons. The fraction of sp³-hybridized carbons (Fsp3) is 0.0455. The molecule has 1 amide bonds. The summed E-state index contributed by atoms with van der Waals surface area (Å²) < 4.78 is 14.0. The first-order valence-corrected chi connectivity index (χ1v) is 8.03. The number of carbonyl (C=O) groups is 1. The molecule has 0 heterocycles. The van der Waals surface area contributed by atoms with Gasteiger partial charge in [-0.05, 0) is 41.8 Å². The Labute approximate surface area is 146 Å². The molecule has 0 bridgehead atoms. The van der Waals surface area contributed by atoms with Crippen molar-refractivity contribution in [3.05, 3.63) is 101 Å². The van der Waals surface area contributed by atoms with Gasteiger partial charge < -0.3 is 5.32 Å². The summed E-state index contributed by atoms with van der Waals surface area (Å²) in [6, 6.07) is 23.6. The Morgan fingerprint density at radius 1 is 0.920 bits per heavy atom. The number of benzene rings is 3. The van der Waals surface area contributed by atoms with E-state index in [1.165, 1.54) is 6.07 Å². The maximum absolute atomic E-state index is 14.0. The van der Waals surface area contributed by atoms with Crippen LogP contribution in [0.2, 0.25) is 0 Å². The van der Waals surface area contributed by atoms with Gasteiger partial charge in [0.1, 0.15) is 5.82 Å². The van der Waals surface area contributed by atoms with E-state index in [-0.39, 0.29) is 11.6 Å². The Hall–Kier alpha value is -3.20. The smallest absolute Gasteiger partial charge is 0.256 e. The molecule has 0 fully saturated rings. The normalized spacial score (nSPS) is 11.2. The van der Waals surface area contributed by atoms with Crippen molar-refractivity contribution in [3.8, 4) is 0 Å². The molecular weight excluding hydrogens is 313 g/mol. The lowest BCUT2D eigenvalue weighted by atomic mass is 10.0. The minimum Gasteiger partial charge on any atom is -0.319 e. The summed E-state index contributed by atoms with van der Waals surface area (Å²) in [5, 5.41) is 2.69. The highest BCUT2D eigenvalue weighted by molar-refractivity contribution is 6.29. The van der Waals surface area contributed by atoms with Crippen LogP contribution in [0, 0.1) is 12.7 Å². The fourth-order valence-electron chi connectivity index (χ4n) is 2.54. The Bertz CT molecular complexity index is 902. The Balaban J connectivity index is 1.98. The van der Waals surface area contributed by atoms with Crippen LogP contribution in [0.15, 0.2) is 78.9 Å². The second-order valence-electron chi connectivity index (χ2n) is 5.77. The first-order valence-electron chi connectivity index (χ1n) is 8.03. The van der Waals surface area contributed by atoms with Crippen molar-refractivity contribution < 1.29 is 9.18 Å². The number of rotatable bonds is 4. The van der Waals surface area contributed by atoms with E-state index >= 15 is 0 Å². The Morgan fingerprint density at radius 3 is 2.24 bits per heavy atom. The third-order valence-corrected chi connectivity index (χ3v) is 3.81. The highest BCUT2D eigenvalue weighted by Gasteiger charge is 2.14. The number of hydrogen-bond acceptors (Lipinski definition) is 1. The van der Waals surface area contributed by atoms with Gasteiger partial charge in [-0.15, -0.1) is 0 Å². The number of halogens is 1. The van der Waals surface area contributed by atoms with Gasteiger partial charge in [-0.3, -0.25) is 4.79 Å². The second-order valence-corrected chi connectivity index (χ2v) is 5.77. The summed E-state index contributed by atoms with van der Waals surface area (Å²) >= 11 is 0. The largest absolute Gasteiger partial charge is 0.319 e. The quantitative estimate of drug-likeness (QED) is 0.509. The van der Waals surface area contributed by atoms with Gasteiger partial charge in [0, 0.05) is 5.57 Å². The van der Waals surface area contributed by atoms with E-state index in [1.54, 1.807) is 18.2 Å². The van der Waals surface area contributed by atoms with Gasteiger partial charge in [0.25, 0.3) is 5.91 Å². The second kappa shape index (κ2) is 7.58. The van der Waals surface area contributed by atoms with Crippen molar-refractivity contribution in [2.45, 2.75) is 6.92 Å². The highest BCUT2D eigenvalue weighted by Crippen LogP contribution is 2.22. The molecule has 0 saturated carbocycles. The summed E-state index contributed by atoms with van der Waals surface area (Å²) in [5.74, 6) is -0.800. The number of amides is 1. The minimum atomic E-state index is -0.453. The molecule has 3 heteroatoms. The van der Waals surface area contributed by atoms with Crippen LogP contribution in [0.4, 0.5) is 10.1 Å². The zero-order valence-corrected chi connectivity index (χ0v) is 13.9. The molecule has 0 saturated heterocycles. The van der Waals surface area contributed by atoms with E-state index < -0.39 is 5.82 Å². The van der Waals surface area contributed by atoms with Crippen molar-refractivity contribution in [3.63, 3.8) is 0 Å². The van der Waals surface area contributed by atoms with E-state index in [1.807, 2.05) is 67.6 Å². The molecule has 1 N–H and O–H groups in total. The lowest BCUT2D eigenvalue weighted by molar-refractivity contribution is -0.111.